The van der Waals surface area contributed by atoms with Crippen molar-refractivity contribution >= 4 is 23.4 Å². The quantitative estimate of drug-likeness (QED) is 0.551. The minimum absolute atomic E-state index is 0.191. The molecule has 0 saturated carbocycles. The zero-order valence-electron chi connectivity index (χ0n) is 20.6. The molecule has 0 radical (unpaired) electrons. The van der Waals surface area contributed by atoms with Gasteiger partial charge in [-0.15, -0.1) is 0 Å². The second-order valence-electron chi connectivity index (χ2n) is 9.20. The maximum atomic E-state index is 13.3. The van der Waals surface area contributed by atoms with Crippen molar-refractivity contribution in [2.24, 2.45) is 0 Å². The summed E-state index contributed by atoms with van der Waals surface area (Å²) in [7, 11) is 1.59. The molecule has 1 unspecified atom stereocenters. The fourth-order valence-electron chi connectivity index (χ4n) is 3.56. The second-order valence-corrected chi connectivity index (χ2v) is 9.57. The largest absolute Gasteiger partial charge is 0.497 e. The van der Waals surface area contributed by atoms with Crippen molar-refractivity contribution in [3.05, 3.63) is 58.1 Å². The minimum atomic E-state index is -0.639. The van der Waals surface area contributed by atoms with Crippen LogP contribution < -0.4 is 14.8 Å². The van der Waals surface area contributed by atoms with Crippen molar-refractivity contribution in [2.75, 3.05) is 13.7 Å². The lowest BCUT2D eigenvalue weighted by molar-refractivity contribution is -0.143. The van der Waals surface area contributed by atoms with Gasteiger partial charge in [-0.3, -0.25) is 9.59 Å². The summed E-state index contributed by atoms with van der Waals surface area (Å²) in [6.07, 6.45) is 0.469. The van der Waals surface area contributed by atoms with Gasteiger partial charge in [-0.25, -0.2) is 0 Å². The minimum Gasteiger partial charge on any atom is -0.497 e. The van der Waals surface area contributed by atoms with Gasteiger partial charge in [0.25, 0.3) is 5.91 Å². The van der Waals surface area contributed by atoms with Gasteiger partial charge in [0, 0.05) is 17.1 Å². The molecule has 1 N–H and O–H groups in total. The van der Waals surface area contributed by atoms with E-state index in [1.165, 1.54) is 0 Å². The summed E-state index contributed by atoms with van der Waals surface area (Å²) in [4.78, 5) is 28.0. The van der Waals surface area contributed by atoms with Gasteiger partial charge in [0.15, 0.2) is 6.61 Å². The highest BCUT2D eigenvalue weighted by atomic mass is 35.5. The molecule has 6 nitrogen and oxygen atoms in total. The van der Waals surface area contributed by atoms with E-state index in [-0.39, 0.29) is 25.0 Å². The van der Waals surface area contributed by atoms with Crippen molar-refractivity contribution in [3.8, 4) is 11.5 Å². The Hall–Kier alpha value is -2.73. The molecule has 1 atom stereocenters. The number of amides is 2. The van der Waals surface area contributed by atoms with E-state index in [9.17, 15) is 9.59 Å². The summed E-state index contributed by atoms with van der Waals surface area (Å²) in [6.45, 7) is 11.5. The number of hydrogen-bond donors (Lipinski definition) is 1. The summed E-state index contributed by atoms with van der Waals surface area (Å²) in [5.74, 6) is 0.783. The van der Waals surface area contributed by atoms with Crippen LogP contribution in [-0.2, 0) is 16.1 Å². The molecule has 0 aliphatic heterocycles. The first-order valence-corrected chi connectivity index (χ1v) is 11.5. The van der Waals surface area contributed by atoms with Crippen LogP contribution in [0.5, 0.6) is 11.5 Å². The molecule has 0 saturated heterocycles. The Bertz CT molecular complexity index is 961. The topological polar surface area (TPSA) is 67.9 Å². The maximum Gasteiger partial charge on any atom is 0.261 e. The van der Waals surface area contributed by atoms with Crippen LogP contribution in [0, 0.1) is 13.8 Å². The molecule has 180 valence electrons. The number of nitrogens with zero attached hydrogens (tertiary/aromatic N) is 1. The Balaban J connectivity index is 2.29. The van der Waals surface area contributed by atoms with E-state index in [1.54, 1.807) is 24.1 Å². The lowest BCUT2D eigenvalue weighted by Crippen LogP contribution is -2.54. The van der Waals surface area contributed by atoms with Gasteiger partial charge >= 0.3 is 0 Å². The van der Waals surface area contributed by atoms with Gasteiger partial charge in [-0.2, -0.15) is 0 Å². The summed E-state index contributed by atoms with van der Waals surface area (Å²) in [6, 6.07) is 10.4. The Morgan fingerprint density at radius 1 is 1.09 bits per heavy atom. The highest BCUT2D eigenvalue weighted by molar-refractivity contribution is 6.32. The number of carbonyl (C=O) groups is 2. The van der Waals surface area contributed by atoms with Crippen LogP contribution in [0.4, 0.5) is 0 Å². The number of halogens is 1. The van der Waals surface area contributed by atoms with E-state index in [0.29, 0.717) is 22.9 Å². The summed E-state index contributed by atoms with van der Waals surface area (Å²) in [5.41, 5.74) is 2.21. The van der Waals surface area contributed by atoms with E-state index in [4.69, 9.17) is 21.1 Å². The van der Waals surface area contributed by atoms with Crippen molar-refractivity contribution in [2.45, 2.75) is 66.1 Å². The third kappa shape index (κ3) is 7.67. The van der Waals surface area contributed by atoms with Crippen molar-refractivity contribution in [3.63, 3.8) is 0 Å². The molecule has 2 amide bonds. The molecule has 0 heterocycles. The number of rotatable bonds is 9. The molecule has 0 aliphatic carbocycles. The third-order valence-electron chi connectivity index (χ3n) is 5.14. The molecule has 2 aromatic rings. The van der Waals surface area contributed by atoms with Gasteiger partial charge in [0.2, 0.25) is 5.91 Å². The van der Waals surface area contributed by atoms with Crippen molar-refractivity contribution < 1.29 is 19.1 Å². The van der Waals surface area contributed by atoms with Crippen LogP contribution in [0.1, 0.15) is 50.8 Å². The second kappa shape index (κ2) is 11.4. The number of methoxy groups -OCH3 is 1. The van der Waals surface area contributed by atoms with Crippen LogP contribution in [0.15, 0.2) is 36.4 Å². The molecular weight excluding hydrogens is 440 g/mol. The average molecular weight is 475 g/mol. The summed E-state index contributed by atoms with van der Waals surface area (Å²) >= 11 is 6.24. The molecular formula is C26H35ClN2O4. The maximum absolute atomic E-state index is 13.3. The number of aryl methyl sites for hydroxylation is 2. The van der Waals surface area contributed by atoms with Crippen LogP contribution in [0.25, 0.3) is 0 Å². The van der Waals surface area contributed by atoms with Gasteiger partial charge in [-0.05, 0) is 82.0 Å². The zero-order chi connectivity index (χ0) is 24.8. The van der Waals surface area contributed by atoms with Crippen LogP contribution in [-0.4, -0.2) is 42.0 Å². The predicted molar refractivity (Wildman–Crippen MR) is 132 cm³/mol. The van der Waals surface area contributed by atoms with E-state index in [1.807, 2.05) is 65.8 Å². The van der Waals surface area contributed by atoms with Gasteiger partial charge in [0.1, 0.15) is 17.5 Å². The Labute approximate surface area is 202 Å². The fraction of sp³-hybridized carbons (Fsp3) is 0.462. The number of carbonyl (C=O) groups excluding carboxylic acids is 2. The predicted octanol–water partition coefficient (Wildman–Crippen LogP) is 5.07. The van der Waals surface area contributed by atoms with Gasteiger partial charge < -0.3 is 19.7 Å². The Morgan fingerprint density at radius 3 is 2.27 bits per heavy atom. The standard InChI is InChI=1S/C26H35ClN2O4/c1-8-22(25(31)28-26(4,5)6)29(15-19-10-9-11-20(14-19)32-7)23(30)16-33-21-12-17(2)24(27)18(3)13-21/h9-14,22H,8,15-16H2,1-7H3,(H,28,31). The van der Waals surface area contributed by atoms with E-state index in [2.05, 4.69) is 5.32 Å². The lowest BCUT2D eigenvalue weighted by Gasteiger charge is -2.33. The number of benzene rings is 2. The molecule has 0 aliphatic rings. The first-order valence-electron chi connectivity index (χ1n) is 11.1. The third-order valence-corrected chi connectivity index (χ3v) is 5.74. The molecule has 0 spiro atoms. The average Bonchev–Trinajstić information content (AvgIpc) is 2.74. The van der Waals surface area contributed by atoms with Crippen molar-refractivity contribution in [1.29, 1.82) is 0 Å². The molecule has 0 aromatic heterocycles. The highest BCUT2D eigenvalue weighted by Gasteiger charge is 2.31. The summed E-state index contributed by atoms with van der Waals surface area (Å²) < 4.78 is 11.1. The first-order chi connectivity index (χ1) is 15.4. The molecule has 2 aromatic carbocycles. The monoisotopic (exact) mass is 474 g/mol. The van der Waals surface area contributed by atoms with Crippen molar-refractivity contribution in [1.82, 2.24) is 10.2 Å². The highest BCUT2D eigenvalue weighted by Crippen LogP contribution is 2.26. The van der Waals surface area contributed by atoms with Crippen LogP contribution in [0.2, 0.25) is 5.02 Å². The molecule has 0 bridgehead atoms. The molecule has 0 fully saturated rings. The van der Waals surface area contributed by atoms with Gasteiger partial charge in [-0.1, -0.05) is 30.7 Å². The Morgan fingerprint density at radius 2 is 1.73 bits per heavy atom. The number of hydrogen-bond acceptors (Lipinski definition) is 4. The lowest BCUT2D eigenvalue weighted by atomic mass is 10.1. The summed E-state index contributed by atoms with van der Waals surface area (Å²) in [5, 5.41) is 3.67. The normalized spacial score (nSPS) is 12.1. The Kier molecular flexibility index (Phi) is 9.17. The van der Waals surface area contributed by atoms with E-state index < -0.39 is 11.6 Å². The van der Waals surface area contributed by atoms with E-state index in [0.717, 1.165) is 16.7 Å². The fourth-order valence-corrected chi connectivity index (χ4v) is 3.67. The van der Waals surface area contributed by atoms with Gasteiger partial charge in [0.05, 0.1) is 7.11 Å². The van der Waals surface area contributed by atoms with E-state index >= 15 is 0 Å². The smallest absolute Gasteiger partial charge is 0.261 e. The SMILES string of the molecule is CCC(C(=O)NC(C)(C)C)N(Cc1cccc(OC)c1)C(=O)COc1cc(C)c(Cl)c(C)c1. The van der Waals surface area contributed by atoms with Crippen LogP contribution >= 0.6 is 11.6 Å². The number of ether oxygens (including phenoxy) is 2. The van der Waals surface area contributed by atoms with Crippen LogP contribution in [0.3, 0.4) is 0 Å². The number of nitrogens with one attached hydrogen (secondary N) is 1. The molecule has 7 heteroatoms. The molecule has 33 heavy (non-hydrogen) atoms. The molecule has 2 rings (SSSR count). The first kappa shape index (κ1) is 26.5. The zero-order valence-corrected chi connectivity index (χ0v) is 21.4.